The van der Waals surface area contributed by atoms with Gasteiger partial charge >= 0.3 is 0 Å². The first-order valence-corrected chi connectivity index (χ1v) is 7.90. The lowest BCUT2D eigenvalue weighted by molar-refractivity contribution is -0.116. The van der Waals surface area contributed by atoms with Crippen LogP contribution in [0.4, 0.5) is 11.4 Å². The molecule has 0 heterocycles. The van der Waals surface area contributed by atoms with Crippen molar-refractivity contribution in [3.63, 3.8) is 0 Å². The van der Waals surface area contributed by atoms with E-state index in [0.717, 1.165) is 5.57 Å². The summed E-state index contributed by atoms with van der Waals surface area (Å²) in [7, 11) is 1.69. The average molecular weight is 338 g/mol. The number of hydrogen-bond donors (Lipinski definition) is 1. The van der Waals surface area contributed by atoms with E-state index < -0.39 is 0 Å². The molecular formula is C20H22N2O3. The number of carbonyl (C=O) groups excluding carboxylic acids is 2. The number of anilines is 2. The van der Waals surface area contributed by atoms with Crippen molar-refractivity contribution in [2.24, 2.45) is 0 Å². The van der Waals surface area contributed by atoms with E-state index in [1.807, 2.05) is 13.0 Å². The Labute approximate surface area is 147 Å². The van der Waals surface area contributed by atoms with E-state index >= 15 is 0 Å². The highest BCUT2D eigenvalue weighted by Gasteiger charge is 2.09. The second-order valence-electron chi connectivity index (χ2n) is 5.85. The van der Waals surface area contributed by atoms with Gasteiger partial charge in [0.2, 0.25) is 5.91 Å². The van der Waals surface area contributed by atoms with Gasteiger partial charge in [0.1, 0.15) is 12.4 Å². The van der Waals surface area contributed by atoms with Crippen LogP contribution < -0.4 is 15.0 Å². The Morgan fingerprint density at radius 1 is 1.12 bits per heavy atom. The largest absolute Gasteiger partial charge is 0.489 e. The predicted octanol–water partition coefficient (Wildman–Crippen LogP) is 3.88. The summed E-state index contributed by atoms with van der Waals surface area (Å²) in [6.45, 7) is 7.60. The fraction of sp³-hybridized carbons (Fsp3) is 0.200. The molecule has 2 amide bonds. The van der Waals surface area contributed by atoms with Crippen LogP contribution in [0.5, 0.6) is 5.75 Å². The standard InChI is InChI=1S/C20H22N2O3/c1-14(2)13-25-19-10-8-16(9-11-19)20(24)21-17-6-5-7-18(12-17)22(4)15(3)23/h5-12H,1,13H2,2-4H3,(H,21,24). The molecule has 130 valence electrons. The second kappa shape index (κ2) is 8.15. The van der Waals surface area contributed by atoms with E-state index in [1.54, 1.807) is 49.5 Å². The van der Waals surface area contributed by atoms with Gasteiger partial charge in [-0.2, -0.15) is 0 Å². The number of nitrogens with zero attached hydrogens (tertiary/aromatic N) is 1. The van der Waals surface area contributed by atoms with E-state index in [9.17, 15) is 9.59 Å². The molecule has 5 heteroatoms. The lowest BCUT2D eigenvalue weighted by Gasteiger charge is -2.16. The number of rotatable bonds is 6. The zero-order chi connectivity index (χ0) is 18.4. The lowest BCUT2D eigenvalue weighted by atomic mass is 10.2. The van der Waals surface area contributed by atoms with Gasteiger partial charge in [0.05, 0.1) is 0 Å². The molecule has 1 N–H and O–H groups in total. The van der Waals surface area contributed by atoms with Gasteiger partial charge in [-0.15, -0.1) is 0 Å². The summed E-state index contributed by atoms with van der Waals surface area (Å²) in [6, 6.07) is 14.0. The minimum absolute atomic E-state index is 0.0752. The summed E-state index contributed by atoms with van der Waals surface area (Å²) in [6.07, 6.45) is 0. The molecule has 25 heavy (non-hydrogen) atoms. The van der Waals surface area contributed by atoms with Crippen LogP contribution in [0.2, 0.25) is 0 Å². The number of hydrogen-bond acceptors (Lipinski definition) is 3. The first-order chi connectivity index (χ1) is 11.9. The molecule has 0 aromatic heterocycles. The monoisotopic (exact) mass is 338 g/mol. The number of carbonyl (C=O) groups is 2. The van der Waals surface area contributed by atoms with Crippen LogP contribution in [0.25, 0.3) is 0 Å². The quantitative estimate of drug-likeness (QED) is 0.813. The topological polar surface area (TPSA) is 58.6 Å². The SMILES string of the molecule is C=C(C)COc1ccc(C(=O)Nc2cccc(N(C)C(C)=O)c2)cc1. The molecule has 0 spiro atoms. The zero-order valence-electron chi connectivity index (χ0n) is 14.7. The summed E-state index contributed by atoms with van der Waals surface area (Å²) >= 11 is 0. The maximum Gasteiger partial charge on any atom is 0.255 e. The van der Waals surface area contributed by atoms with Gasteiger partial charge in [0, 0.05) is 30.9 Å². The summed E-state index contributed by atoms with van der Waals surface area (Å²) in [5.74, 6) is 0.382. The van der Waals surface area contributed by atoms with Crippen LogP contribution in [-0.4, -0.2) is 25.5 Å². The first kappa shape index (κ1) is 18.3. The lowest BCUT2D eigenvalue weighted by Crippen LogP contribution is -2.23. The van der Waals surface area contributed by atoms with E-state index in [4.69, 9.17) is 4.74 Å². The van der Waals surface area contributed by atoms with Crippen molar-refractivity contribution in [3.8, 4) is 5.75 Å². The smallest absolute Gasteiger partial charge is 0.255 e. The number of benzene rings is 2. The Kier molecular flexibility index (Phi) is 5.95. The molecule has 0 unspecified atom stereocenters. The Balaban J connectivity index is 2.05. The molecule has 2 aromatic rings. The van der Waals surface area contributed by atoms with Crippen LogP contribution >= 0.6 is 0 Å². The van der Waals surface area contributed by atoms with E-state index in [1.165, 1.54) is 11.8 Å². The van der Waals surface area contributed by atoms with E-state index in [-0.39, 0.29) is 11.8 Å². The van der Waals surface area contributed by atoms with E-state index in [0.29, 0.717) is 29.3 Å². The summed E-state index contributed by atoms with van der Waals surface area (Å²) in [5, 5.41) is 2.83. The van der Waals surface area contributed by atoms with Gasteiger partial charge < -0.3 is 15.0 Å². The fourth-order valence-corrected chi connectivity index (χ4v) is 2.09. The fourth-order valence-electron chi connectivity index (χ4n) is 2.09. The van der Waals surface area contributed by atoms with Gasteiger partial charge in [0.15, 0.2) is 0 Å². The molecule has 5 nitrogen and oxygen atoms in total. The Morgan fingerprint density at radius 3 is 2.40 bits per heavy atom. The highest BCUT2D eigenvalue weighted by atomic mass is 16.5. The van der Waals surface area contributed by atoms with Crippen molar-refractivity contribution in [1.82, 2.24) is 0 Å². The second-order valence-corrected chi connectivity index (χ2v) is 5.85. The van der Waals surface area contributed by atoms with Crippen molar-refractivity contribution in [2.75, 3.05) is 23.9 Å². The molecule has 2 aromatic carbocycles. The van der Waals surface area contributed by atoms with Gasteiger partial charge in [-0.1, -0.05) is 12.6 Å². The van der Waals surface area contributed by atoms with Crippen molar-refractivity contribution in [2.45, 2.75) is 13.8 Å². The van der Waals surface area contributed by atoms with Crippen molar-refractivity contribution in [3.05, 3.63) is 66.2 Å². The molecule has 0 atom stereocenters. The van der Waals surface area contributed by atoms with Crippen LogP contribution in [0.15, 0.2) is 60.7 Å². The maximum atomic E-state index is 12.4. The Morgan fingerprint density at radius 2 is 1.80 bits per heavy atom. The Hall–Kier alpha value is -3.08. The molecule has 0 saturated carbocycles. The van der Waals surface area contributed by atoms with Crippen LogP contribution in [0.3, 0.4) is 0 Å². The van der Waals surface area contributed by atoms with Crippen LogP contribution in [0.1, 0.15) is 24.2 Å². The van der Waals surface area contributed by atoms with E-state index in [2.05, 4.69) is 11.9 Å². The normalized spacial score (nSPS) is 10.0. The average Bonchev–Trinajstić information content (AvgIpc) is 2.59. The van der Waals surface area contributed by atoms with Crippen LogP contribution in [-0.2, 0) is 4.79 Å². The molecule has 0 fully saturated rings. The molecule has 0 aliphatic carbocycles. The first-order valence-electron chi connectivity index (χ1n) is 7.90. The van der Waals surface area contributed by atoms with Crippen molar-refractivity contribution in [1.29, 1.82) is 0 Å². The third-order valence-corrected chi connectivity index (χ3v) is 3.57. The van der Waals surface area contributed by atoms with Crippen LogP contribution in [0, 0.1) is 0 Å². The molecule has 0 bridgehead atoms. The predicted molar refractivity (Wildman–Crippen MR) is 100 cm³/mol. The van der Waals surface area contributed by atoms with Gasteiger partial charge in [-0.25, -0.2) is 0 Å². The third-order valence-electron chi connectivity index (χ3n) is 3.57. The molecule has 0 radical (unpaired) electrons. The summed E-state index contributed by atoms with van der Waals surface area (Å²) in [5.41, 5.74) is 2.79. The minimum Gasteiger partial charge on any atom is -0.489 e. The summed E-state index contributed by atoms with van der Waals surface area (Å²) in [4.78, 5) is 25.3. The highest BCUT2D eigenvalue weighted by Crippen LogP contribution is 2.20. The van der Waals surface area contributed by atoms with Gasteiger partial charge in [-0.3, -0.25) is 9.59 Å². The highest BCUT2D eigenvalue weighted by molar-refractivity contribution is 6.04. The number of ether oxygens (including phenoxy) is 1. The molecule has 0 aliphatic heterocycles. The molecule has 0 saturated heterocycles. The zero-order valence-corrected chi connectivity index (χ0v) is 14.7. The number of amides is 2. The van der Waals surface area contributed by atoms with Gasteiger partial charge in [-0.05, 0) is 55.0 Å². The van der Waals surface area contributed by atoms with Gasteiger partial charge in [0.25, 0.3) is 5.91 Å². The molecule has 2 rings (SSSR count). The minimum atomic E-state index is -0.228. The number of nitrogens with one attached hydrogen (secondary N) is 1. The van der Waals surface area contributed by atoms with Crippen molar-refractivity contribution >= 4 is 23.2 Å². The third kappa shape index (κ3) is 5.21. The van der Waals surface area contributed by atoms with Crippen molar-refractivity contribution < 1.29 is 14.3 Å². The summed E-state index contributed by atoms with van der Waals surface area (Å²) < 4.78 is 5.52. The molecule has 0 aliphatic rings. The maximum absolute atomic E-state index is 12.4. The molecular weight excluding hydrogens is 316 g/mol. The Bertz CT molecular complexity index is 782.